The summed E-state index contributed by atoms with van der Waals surface area (Å²) in [5.41, 5.74) is 3.56. The average Bonchev–Trinajstić information content (AvgIpc) is 3.16. The van der Waals surface area contributed by atoms with E-state index in [0.717, 1.165) is 28.6 Å². The van der Waals surface area contributed by atoms with Crippen molar-refractivity contribution in [2.75, 3.05) is 19.8 Å². The van der Waals surface area contributed by atoms with Crippen LogP contribution in [-0.4, -0.2) is 35.8 Å². The average molecular weight is 601 g/mol. The number of carbonyl (C=O) groups is 2. The van der Waals surface area contributed by atoms with Crippen LogP contribution in [-0.2, 0) is 11.4 Å². The molecule has 0 radical (unpaired) electrons. The summed E-state index contributed by atoms with van der Waals surface area (Å²) in [5, 5.41) is 0.708. The van der Waals surface area contributed by atoms with Crippen molar-refractivity contribution in [2.24, 2.45) is 0 Å². The lowest BCUT2D eigenvalue weighted by Crippen LogP contribution is -2.32. The summed E-state index contributed by atoms with van der Waals surface area (Å²) in [6.45, 7) is 9.03. The molecule has 0 aliphatic carbocycles. The third kappa shape index (κ3) is 7.14. The number of halogens is 2. The van der Waals surface area contributed by atoms with E-state index in [1.54, 1.807) is 42.5 Å². The van der Waals surface area contributed by atoms with Crippen molar-refractivity contribution in [2.45, 2.75) is 40.2 Å². The molecule has 0 N–H and O–H groups in total. The van der Waals surface area contributed by atoms with Gasteiger partial charge in [0.15, 0.2) is 11.5 Å². The molecule has 0 atom stereocenters. The van der Waals surface area contributed by atoms with Crippen LogP contribution in [0.1, 0.15) is 48.9 Å². The maximum Gasteiger partial charge on any atom is 0.293 e. The second-order valence-electron chi connectivity index (χ2n) is 9.51. The molecule has 1 heterocycles. The Bertz CT molecular complexity index is 1420. The van der Waals surface area contributed by atoms with Crippen molar-refractivity contribution in [1.29, 1.82) is 0 Å². The number of ether oxygens (including phenoxy) is 3. The molecular formula is C31H31Cl2NO5S. The van der Waals surface area contributed by atoms with Gasteiger partial charge in [0.25, 0.3) is 11.1 Å². The molecule has 1 aliphatic rings. The van der Waals surface area contributed by atoms with Crippen LogP contribution in [0.4, 0.5) is 4.79 Å². The number of nitrogens with zero attached hydrogens (tertiary/aromatic N) is 1. The van der Waals surface area contributed by atoms with Crippen molar-refractivity contribution in [3.05, 3.63) is 91.8 Å². The fourth-order valence-electron chi connectivity index (χ4n) is 4.16. The molecule has 0 aromatic heterocycles. The normalized spacial score (nSPS) is 14.4. The van der Waals surface area contributed by atoms with Crippen molar-refractivity contribution < 1.29 is 23.8 Å². The molecule has 4 rings (SSSR count). The van der Waals surface area contributed by atoms with Crippen LogP contribution >= 0.6 is 35.0 Å². The summed E-state index contributed by atoms with van der Waals surface area (Å²) in [6.07, 6.45) is 1.68. The number of rotatable bonds is 11. The van der Waals surface area contributed by atoms with E-state index in [-0.39, 0.29) is 30.9 Å². The van der Waals surface area contributed by atoms with E-state index in [9.17, 15) is 9.59 Å². The Morgan fingerprint density at radius 3 is 2.38 bits per heavy atom. The van der Waals surface area contributed by atoms with Gasteiger partial charge in [0.1, 0.15) is 19.0 Å². The fraction of sp³-hybridized carbons (Fsp3) is 0.290. The van der Waals surface area contributed by atoms with E-state index in [2.05, 4.69) is 19.9 Å². The molecule has 1 fully saturated rings. The van der Waals surface area contributed by atoms with Crippen molar-refractivity contribution in [3.63, 3.8) is 0 Å². The Hall–Kier alpha value is -3.13. The first kappa shape index (κ1) is 29.8. The molecule has 0 saturated carbocycles. The highest BCUT2D eigenvalue weighted by atomic mass is 35.5. The summed E-state index contributed by atoms with van der Waals surface area (Å²) >= 11 is 13.4. The molecule has 0 unspecified atom stereocenters. The molecule has 2 amide bonds. The summed E-state index contributed by atoms with van der Waals surface area (Å²) in [7, 11) is 0. The fourth-order valence-corrected chi connectivity index (χ4v) is 5.53. The molecule has 6 nitrogen and oxygen atoms in total. The maximum atomic E-state index is 13.1. The zero-order valence-corrected chi connectivity index (χ0v) is 25.2. The van der Waals surface area contributed by atoms with Crippen molar-refractivity contribution in [1.82, 2.24) is 4.90 Å². The van der Waals surface area contributed by atoms with Crippen LogP contribution in [0.5, 0.6) is 17.2 Å². The van der Waals surface area contributed by atoms with E-state index in [0.29, 0.717) is 50.1 Å². The first-order chi connectivity index (χ1) is 19.2. The Labute approximate surface area is 249 Å². The molecule has 40 heavy (non-hydrogen) atoms. The summed E-state index contributed by atoms with van der Waals surface area (Å²) in [6, 6.07) is 16.7. The summed E-state index contributed by atoms with van der Waals surface area (Å²) in [4.78, 5) is 27.3. The number of aryl methyl sites for hydroxylation is 1. The van der Waals surface area contributed by atoms with Gasteiger partial charge in [-0.2, -0.15) is 0 Å². The monoisotopic (exact) mass is 599 g/mol. The van der Waals surface area contributed by atoms with E-state index < -0.39 is 0 Å². The van der Waals surface area contributed by atoms with E-state index in [4.69, 9.17) is 37.4 Å². The largest absolute Gasteiger partial charge is 0.491 e. The number of hydrogen-bond acceptors (Lipinski definition) is 6. The van der Waals surface area contributed by atoms with Crippen molar-refractivity contribution >= 4 is 52.2 Å². The second-order valence-corrected chi connectivity index (χ2v) is 11.3. The van der Waals surface area contributed by atoms with Gasteiger partial charge >= 0.3 is 0 Å². The number of amides is 2. The SMILES string of the molecule is CCOc1cc(/C=C2\SC(=O)N(CCOc3cc(C)ccc3C(C)C)C2=O)ccc1OCc1c(Cl)cccc1Cl. The minimum Gasteiger partial charge on any atom is -0.491 e. The van der Waals surface area contributed by atoms with E-state index >= 15 is 0 Å². The Balaban J connectivity index is 1.44. The standard InChI is InChI=1S/C31H31Cl2NO5S/c1-5-37-28-16-21(10-12-26(28)39-18-23-24(32)7-6-8-25(23)33)17-29-30(35)34(31(36)40-29)13-14-38-27-15-20(4)9-11-22(27)19(2)3/h6-12,15-17,19H,5,13-14,18H2,1-4H3/b29-17-. The Kier molecular flexibility index (Phi) is 10.1. The van der Waals surface area contributed by atoms with Gasteiger partial charge in [-0.05, 0) is 84.6 Å². The van der Waals surface area contributed by atoms with Gasteiger partial charge < -0.3 is 14.2 Å². The third-order valence-electron chi connectivity index (χ3n) is 6.24. The molecule has 0 bridgehead atoms. The van der Waals surface area contributed by atoms with Crippen LogP contribution in [0.2, 0.25) is 10.0 Å². The zero-order chi connectivity index (χ0) is 28.8. The molecular weight excluding hydrogens is 569 g/mol. The molecule has 3 aromatic rings. The Morgan fingerprint density at radius 1 is 0.925 bits per heavy atom. The van der Waals surface area contributed by atoms with Crippen LogP contribution in [0.25, 0.3) is 6.08 Å². The van der Waals surface area contributed by atoms with Crippen LogP contribution in [0, 0.1) is 6.92 Å². The highest BCUT2D eigenvalue weighted by Crippen LogP contribution is 2.36. The summed E-state index contributed by atoms with van der Waals surface area (Å²) < 4.78 is 17.7. The predicted molar refractivity (Wildman–Crippen MR) is 162 cm³/mol. The lowest BCUT2D eigenvalue weighted by Gasteiger charge is -2.17. The van der Waals surface area contributed by atoms with Crippen LogP contribution in [0.3, 0.4) is 0 Å². The van der Waals surface area contributed by atoms with Gasteiger partial charge in [-0.3, -0.25) is 14.5 Å². The van der Waals surface area contributed by atoms with Gasteiger partial charge in [-0.25, -0.2) is 0 Å². The van der Waals surface area contributed by atoms with Crippen LogP contribution < -0.4 is 14.2 Å². The third-order valence-corrected chi connectivity index (χ3v) is 7.85. The zero-order valence-electron chi connectivity index (χ0n) is 22.8. The summed E-state index contributed by atoms with van der Waals surface area (Å²) in [5.74, 6) is 1.74. The van der Waals surface area contributed by atoms with Crippen molar-refractivity contribution in [3.8, 4) is 17.2 Å². The smallest absolute Gasteiger partial charge is 0.293 e. The molecule has 210 valence electrons. The van der Waals surface area contributed by atoms with E-state index in [1.807, 2.05) is 26.0 Å². The minimum atomic E-state index is -0.349. The van der Waals surface area contributed by atoms with Gasteiger partial charge in [0.05, 0.1) is 18.1 Å². The van der Waals surface area contributed by atoms with Gasteiger partial charge in [-0.1, -0.05) is 61.3 Å². The van der Waals surface area contributed by atoms with Gasteiger partial charge in [-0.15, -0.1) is 0 Å². The number of hydrogen-bond donors (Lipinski definition) is 0. The lowest BCUT2D eigenvalue weighted by molar-refractivity contribution is -0.123. The lowest BCUT2D eigenvalue weighted by atomic mass is 10.0. The minimum absolute atomic E-state index is 0.162. The molecule has 1 aliphatic heterocycles. The first-order valence-electron chi connectivity index (χ1n) is 13.0. The molecule has 9 heteroatoms. The van der Waals surface area contributed by atoms with Gasteiger partial charge in [0, 0.05) is 15.6 Å². The highest BCUT2D eigenvalue weighted by Gasteiger charge is 2.35. The quantitative estimate of drug-likeness (QED) is 0.206. The molecule has 3 aromatic carbocycles. The van der Waals surface area contributed by atoms with E-state index in [1.165, 1.54) is 4.90 Å². The second kappa shape index (κ2) is 13.5. The topological polar surface area (TPSA) is 65.1 Å². The number of benzene rings is 3. The highest BCUT2D eigenvalue weighted by molar-refractivity contribution is 8.18. The van der Waals surface area contributed by atoms with Gasteiger partial charge in [0.2, 0.25) is 0 Å². The number of thioether (sulfide) groups is 1. The number of carbonyl (C=O) groups excluding carboxylic acids is 2. The molecule has 0 spiro atoms. The number of imide groups is 1. The Morgan fingerprint density at radius 2 is 1.68 bits per heavy atom. The maximum absolute atomic E-state index is 13.1. The van der Waals surface area contributed by atoms with Crippen LogP contribution in [0.15, 0.2) is 59.5 Å². The molecule has 1 saturated heterocycles. The first-order valence-corrected chi connectivity index (χ1v) is 14.6. The predicted octanol–water partition coefficient (Wildman–Crippen LogP) is 8.52.